The Kier molecular flexibility index (Phi) is 4.02. The van der Waals surface area contributed by atoms with Crippen LogP contribution in [0, 0.1) is 0 Å². The molecular formula is C14H19NO2. The van der Waals surface area contributed by atoms with Gasteiger partial charge < -0.3 is 9.64 Å². The van der Waals surface area contributed by atoms with E-state index in [0.717, 1.165) is 25.9 Å². The molecule has 1 aliphatic heterocycles. The van der Waals surface area contributed by atoms with Crippen molar-refractivity contribution in [1.29, 1.82) is 0 Å². The fourth-order valence-electron chi connectivity index (χ4n) is 2.20. The van der Waals surface area contributed by atoms with Crippen LogP contribution in [0.3, 0.4) is 0 Å². The zero-order valence-corrected chi connectivity index (χ0v) is 10.3. The van der Waals surface area contributed by atoms with Crippen LogP contribution in [-0.4, -0.2) is 30.7 Å². The first-order valence-corrected chi connectivity index (χ1v) is 6.28. The molecule has 3 heteroatoms. The number of carbonyl (C=O) groups excluding carboxylic acids is 1. The summed E-state index contributed by atoms with van der Waals surface area (Å²) in [6, 6.07) is 10.4. The highest BCUT2D eigenvalue weighted by atomic mass is 16.6. The van der Waals surface area contributed by atoms with Crippen molar-refractivity contribution in [2.75, 3.05) is 19.7 Å². The van der Waals surface area contributed by atoms with E-state index >= 15 is 0 Å². The monoisotopic (exact) mass is 233 g/mol. The molecule has 1 aromatic carbocycles. The number of amides is 1. The average molecular weight is 233 g/mol. The van der Waals surface area contributed by atoms with Gasteiger partial charge in [-0.25, -0.2) is 4.79 Å². The van der Waals surface area contributed by atoms with Crippen molar-refractivity contribution in [3.8, 4) is 0 Å². The van der Waals surface area contributed by atoms with Crippen molar-refractivity contribution in [3.63, 3.8) is 0 Å². The minimum Gasteiger partial charge on any atom is -0.449 e. The van der Waals surface area contributed by atoms with E-state index < -0.39 is 0 Å². The fraction of sp³-hybridized carbons (Fsp3) is 0.500. The lowest BCUT2D eigenvalue weighted by Crippen LogP contribution is -2.29. The van der Waals surface area contributed by atoms with Gasteiger partial charge in [0, 0.05) is 19.0 Å². The van der Waals surface area contributed by atoms with Crippen molar-refractivity contribution >= 4 is 6.09 Å². The third kappa shape index (κ3) is 2.99. The zero-order valence-electron chi connectivity index (χ0n) is 10.3. The second kappa shape index (κ2) is 5.71. The topological polar surface area (TPSA) is 29.5 Å². The standard InChI is InChI=1S/C14H19NO2/c1-2-10-17-14(16)15-9-8-13(11-15)12-6-4-3-5-7-12/h3-7,13H,2,8-11H2,1H3. The Hall–Kier alpha value is -1.51. The second-order valence-electron chi connectivity index (χ2n) is 4.46. The van der Waals surface area contributed by atoms with E-state index in [4.69, 9.17) is 4.74 Å². The van der Waals surface area contributed by atoms with Crippen molar-refractivity contribution in [2.24, 2.45) is 0 Å². The lowest BCUT2D eigenvalue weighted by molar-refractivity contribution is 0.110. The van der Waals surface area contributed by atoms with Crippen LogP contribution in [0.1, 0.15) is 31.2 Å². The molecule has 0 bridgehead atoms. The third-order valence-corrected chi connectivity index (χ3v) is 3.15. The highest BCUT2D eigenvalue weighted by molar-refractivity contribution is 5.68. The van der Waals surface area contributed by atoms with Crippen molar-refractivity contribution in [1.82, 2.24) is 4.90 Å². The normalized spacial score (nSPS) is 19.4. The Morgan fingerprint density at radius 3 is 2.88 bits per heavy atom. The molecule has 3 nitrogen and oxygen atoms in total. The number of hydrogen-bond donors (Lipinski definition) is 0. The Morgan fingerprint density at radius 1 is 1.41 bits per heavy atom. The minimum atomic E-state index is -0.162. The molecule has 1 aliphatic rings. The third-order valence-electron chi connectivity index (χ3n) is 3.15. The molecule has 1 unspecified atom stereocenters. The predicted octanol–water partition coefficient (Wildman–Crippen LogP) is 3.02. The highest BCUT2D eigenvalue weighted by Gasteiger charge is 2.27. The molecule has 92 valence electrons. The molecular weight excluding hydrogens is 214 g/mol. The quantitative estimate of drug-likeness (QED) is 0.803. The van der Waals surface area contributed by atoms with Gasteiger partial charge in [-0.2, -0.15) is 0 Å². The van der Waals surface area contributed by atoms with Crippen LogP contribution in [-0.2, 0) is 4.74 Å². The van der Waals surface area contributed by atoms with Gasteiger partial charge in [0.1, 0.15) is 0 Å². The molecule has 0 radical (unpaired) electrons. The van der Waals surface area contributed by atoms with E-state index in [2.05, 4.69) is 12.1 Å². The van der Waals surface area contributed by atoms with Crippen molar-refractivity contribution in [3.05, 3.63) is 35.9 Å². The van der Waals surface area contributed by atoms with E-state index in [-0.39, 0.29) is 6.09 Å². The maximum absolute atomic E-state index is 11.7. The molecule has 1 fully saturated rings. The molecule has 1 heterocycles. The SMILES string of the molecule is CCCOC(=O)N1CCC(c2ccccc2)C1. The molecule has 1 amide bonds. The highest BCUT2D eigenvalue weighted by Crippen LogP contribution is 2.27. The summed E-state index contributed by atoms with van der Waals surface area (Å²) >= 11 is 0. The molecule has 0 aliphatic carbocycles. The van der Waals surface area contributed by atoms with Crippen LogP contribution in [0.15, 0.2) is 30.3 Å². The summed E-state index contributed by atoms with van der Waals surface area (Å²) in [5.74, 6) is 0.463. The van der Waals surface area contributed by atoms with Gasteiger partial charge in [0.15, 0.2) is 0 Å². The number of nitrogens with zero attached hydrogens (tertiary/aromatic N) is 1. The number of benzene rings is 1. The maximum Gasteiger partial charge on any atom is 0.409 e. The van der Waals surface area contributed by atoms with Crippen LogP contribution < -0.4 is 0 Å². The first kappa shape index (κ1) is 12.0. The molecule has 0 aromatic heterocycles. The van der Waals surface area contributed by atoms with Crippen LogP contribution in [0.25, 0.3) is 0 Å². The number of hydrogen-bond acceptors (Lipinski definition) is 2. The van der Waals surface area contributed by atoms with E-state index in [1.807, 2.05) is 30.0 Å². The first-order chi connectivity index (χ1) is 8.31. The summed E-state index contributed by atoms with van der Waals surface area (Å²) in [7, 11) is 0. The van der Waals surface area contributed by atoms with Gasteiger partial charge in [-0.15, -0.1) is 0 Å². The molecule has 0 spiro atoms. The number of ether oxygens (including phenoxy) is 1. The van der Waals surface area contributed by atoms with E-state index in [1.165, 1.54) is 5.56 Å². The smallest absolute Gasteiger partial charge is 0.409 e. The maximum atomic E-state index is 11.7. The van der Waals surface area contributed by atoms with Crippen LogP contribution >= 0.6 is 0 Å². The Bertz CT molecular complexity index is 364. The molecule has 1 aromatic rings. The lowest BCUT2D eigenvalue weighted by Gasteiger charge is -2.16. The Balaban J connectivity index is 1.89. The summed E-state index contributed by atoms with van der Waals surface area (Å²) in [5.41, 5.74) is 1.32. The first-order valence-electron chi connectivity index (χ1n) is 6.28. The summed E-state index contributed by atoms with van der Waals surface area (Å²) in [5, 5.41) is 0. The second-order valence-corrected chi connectivity index (χ2v) is 4.46. The summed E-state index contributed by atoms with van der Waals surface area (Å²) in [4.78, 5) is 13.5. The van der Waals surface area contributed by atoms with Gasteiger partial charge >= 0.3 is 6.09 Å². The Morgan fingerprint density at radius 2 is 2.18 bits per heavy atom. The van der Waals surface area contributed by atoms with Gasteiger partial charge in [-0.3, -0.25) is 0 Å². The predicted molar refractivity (Wildman–Crippen MR) is 67.0 cm³/mol. The molecule has 0 saturated carbocycles. The summed E-state index contributed by atoms with van der Waals surface area (Å²) in [6.45, 7) is 4.12. The minimum absolute atomic E-state index is 0.162. The lowest BCUT2D eigenvalue weighted by atomic mass is 9.99. The molecule has 1 atom stereocenters. The number of likely N-dealkylation sites (tertiary alicyclic amines) is 1. The average Bonchev–Trinajstić information content (AvgIpc) is 2.86. The molecule has 2 rings (SSSR count). The molecule has 1 saturated heterocycles. The largest absolute Gasteiger partial charge is 0.449 e. The number of carbonyl (C=O) groups is 1. The molecule has 0 N–H and O–H groups in total. The van der Waals surface area contributed by atoms with Crippen LogP contribution in [0.5, 0.6) is 0 Å². The van der Waals surface area contributed by atoms with Gasteiger partial charge in [0.25, 0.3) is 0 Å². The summed E-state index contributed by atoms with van der Waals surface area (Å²) in [6.07, 6.45) is 1.75. The van der Waals surface area contributed by atoms with E-state index in [9.17, 15) is 4.79 Å². The number of rotatable bonds is 3. The van der Waals surface area contributed by atoms with E-state index in [0.29, 0.717) is 12.5 Å². The molecule has 17 heavy (non-hydrogen) atoms. The zero-order chi connectivity index (χ0) is 12.1. The van der Waals surface area contributed by atoms with Crippen LogP contribution in [0.2, 0.25) is 0 Å². The van der Waals surface area contributed by atoms with Gasteiger partial charge in [-0.05, 0) is 18.4 Å². The van der Waals surface area contributed by atoms with E-state index in [1.54, 1.807) is 0 Å². The summed E-state index contributed by atoms with van der Waals surface area (Å²) < 4.78 is 5.15. The van der Waals surface area contributed by atoms with Gasteiger partial charge in [-0.1, -0.05) is 37.3 Å². The van der Waals surface area contributed by atoms with Crippen LogP contribution in [0.4, 0.5) is 4.79 Å². The van der Waals surface area contributed by atoms with Crippen molar-refractivity contribution in [2.45, 2.75) is 25.7 Å². The fourth-order valence-corrected chi connectivity index (χ4v) is 2.20. The van der Waals surface area contributed by atoms with Gasteiger partial charge in [0.2, 0.25) is 0 Å². The van der Waals surface area contributed by atoms with Crippen molar-refractivity contribution < 1.29 is 9.53 Å². The Labute approximate surface area is 102 Å². The van der Waals surface area contributed by atoms with Gasteiger partial charge in [0.05, 0.1) is 6.61 Å².